The summed E-state index contributed by atoms with van der Waals surface area (Å²) in [5, 5.41) is 6.80. The number of nitrogens with zero attached hydrogens (tertiary/aromatic N) is 4. The summed E-state index contributed by atoms with van der Waals surface area (Å²) in [6, 6.07) is 2.87. The molecular formula is C24H27Cl2FN6O3. The summed E-state index contributed by atoms with van der Waals surface area (Å²) in [6.07, 6.45) is 6.17. The monoisotopic (exact) mass is 536 g/mol. The highest BCUT2D eigenvalue weighted by Gasteiger charge is 2.31. The van der Waals surface area contributed by atoms with Gasteiger partial charge in [-0.25, -0.2) is 14.4 Å². The molecule has 2 aliphatic rings. The predicted molar refractivity (Wildman–Crippen MR) is 136 cm³/mol. The Kier molecular flexibility index (Phi) is 7.45. The number of esters is 1. The zero-order valence-electron chi connectivity index (χ0n) is 19.8. The van der Waals surface area contributed by atoms with Crippen LogP contribution >= 0.6 is 23.2 Å². The fourth-order valence-electron chi connectivity index (χ4n) is 4.93. The Bertz CT molecular complexity index is 1240. The van der Waals surface area contributed by atoms with E-state index < -0.39 is 5.82 Å². The van der Waals surface area contributed by atoms with Crippen LogP contribution in [0.25, 0.3) is 11.2 Å². The molecule has 2 N–H and O–H groups in total. The van der Waals surface area contributed by atoms with Crippen LogP contribution in [0.2, 0.25) is 10.0 Å². The number of rotatable bonds is 6. The second-order valence-corrected chi connectivity index (χ2v) is 9.98. The first-order valence-corrected chi connectivity index (χ1v) is 12.8. The smallest absolute Gasteiger partial charge is 0.308 e. The lowest BCUT2D eigenvalue weighted by atomic mass is 9.86. The minimum atomic E-state index is -0.589. The molecule has 0 radical (unpaired) electrons. The van der Waals surface area contributed by atoms with Crippen molar-refractivity contribution in [2.24, 2.45) is 5.92 Å². The third kappa shape index (κ3) is 5.21. The average Bonchev–Trinajstić information content (AvgIpc) is 3.23. The van der Waals surface area contributed by atoms with Crippen molar-refractivity contribution in [2.45, 2.75) is 50.6 Å². The van der Waals surface area contributed by atoms with Crippen LogP contribution in [0, 0.1) is 11.7 Å². The second kappa shape index (κ2) is 10.7. The Morgan fingerprint density at radius 2 is 1.89 bits per heavy atom. The minimum absolute atomic E-state index is 0.0154. The molecule has 1 aliphatic carbocycles. The molecule has 192 valence electrons. The number of carbonyl (C=O) groups excluding carboxylic acids is 1. The van der Waals surface area contributed by atoms with Gasteiger partial charge in [0.05, 0.1) is 29.9 Å². The standard InChI is InChI=1S/C24H27Cl2FN6O3/c1-35-22(34)13-2-4-16(5-3-13)33-21-19(12-28-23(32-21)29-15-6-8-36-9-7-15)30-24(33)31-20-17(26)10-14(25)11-18(20)27/h10-13,15-16H,2-9H2,1H3,(H,30,31)(H,28,29,32). The van der Waals surface area contributed by atoms with Gasteiger partial charge < -0.3 is 20.1 Å². The molecule has 0 amide bonds. The number of anilines is 3. The van der Waals surface area contributed by atoms with Gasteiger partial charge in [-0.1, -0.05) is 23.2 Å². The zero-order valence-corrected chi connectivity index (χ0v) is 21.3. The van der Waals surface area contributed by atoms with E-state index in [1.54, 1.807) is 6.20 Å². The van der Waals surface area contributed by atoms with Crippen molar-refractivity contribution in [2.75, 3.05) is 31.0 Å². The van der Waals surface area contributed by atoms with Crippen molar-refractivity contribution in [1.82, 2.24) is 19.5 Å². The normalized spacial score (nSPS) is 20.9. The molecule has 0 unspecified atom stereocenters. The maximum absolute atomic E-state index is 14.8. The predicted octanol–water partition coefficient (Wildman–Crippen LogP) is 5.51. The van der Waals surface area contributed by atoms with E-state index in [4.69, 9.17) is 37.7 Å². The van der Waals surface area contributed by atoms with Gasteiger partial charge in [0.1, 0.15) is 11.3 Å². The van der Waals surface area contributed by atoms with E-state index in [9.17, 15) is 9.18 Å². The summed E-state index contributed by atoms with van der Waals surface area (Å²) in [5.74, 6) is -0.0229. The van der Waals surface area contributed by atoms with E-state index in [-0.39, 0.29) is 39.7 Å². The van der Waals surface area contributed by atoms with Gasteiger partial charge in [-0.05, 0) is 50.7 Å². The number of fused-ring (bicyclic) bond motifs is 1. The summed E-state index contributed by atoms with van der Waals surface area (Å²) >= 11 is 12.2. The molecule has 0 bridgehead atoms. The van der Waals surface area contributed by atoms with Crippen molar-refractivity contribution < 1.29 is 18.7 Å². The quantitative estimate of drug-likeness (QED) is 0.397. The first-order chi connectivity index (χ1) is 17.4. The van der Waals surface area contributed by atoms with Gasteiger partial charge in [0.25, 0.3) is 0 Å². The van der Waals surface area contributed by atoms with Gasteiger partial charge in [0, 0.05) is 30.3 Å². The number of aromatic nitrogens is 4. The van der Waals surface area contributed by atoms with Crippen LogP contribution in [0.15, 0.2) is 18.3 Å². The van der Waals surface area contributed by atoms with Crippen LogP contribution in [0.4, 0.5) is 22.0 Å². The highest BCUT2D eigenvalue weighted by atomic mass is 35.5. The van der Waals surface area contributed by atoms with Gasteiger partial charge in [-0.15, -0.1) is 0 Å². The number of nitrogens with one attached hydrogen (secondary N) is 2. The molecule has 1 aliphatic heterocycles. The highest BCUT2D eigenvalue weighted by Crippen LogP contribution is 2.39. The lowest BCUT2D eigenvalue weighted by molar-refractivity contribution is -0.146. The summed E-state index contributed by atoms with van der Waals surface area (Å²) in [4.78, 5) is 26.0. The van der Waals surface area contributed by atoms with Gasteiger partial charge in [-0.2, -0.15) is 4.98 Å². The highest BCUT2D eigenvalue weighted by molar-refractivity contribution is 6.36. The fraction of sp³-hybridized carbons (Fsp3) is 0.500. The van der Waals surface area contributed by atoms with E-state index in [1.165, 1.54) is 19.2 Å². The Morgan fingerprint density at radius 1 is 1.14 bits per heavy atom. The van der Waals surface area contributed by atoms with Crippen LogP contribution in [0.3, 0.4) is 0 Å². The van der Waals surface area contributed by atoms with Gasteiger partial charge in [0.15, 0.2) is 5.65 Å². The van der Waals surface area contributed by atoms with E-state index in [0.29, 0.717) is 62.0 Å². The third-order valence-electron chi connectivity index (χ3n) is 6.83. The maximum Gasteiger partial charge on any atom is 0.308 e. The Labute approximate surface area is 217 Å². The van der Waals surface area contributed by atoms with Crippen molar-refractivity contribution in [3.8, 4) is 0 Å². The molecule has 0 spiro atoms. The van der Waals surface area contributed by atoms with Crippen LogP contribution in [-0.4, -0.2) is 51.9 Å². The molecule has 12 heteroatoms. The van der Waals surface area contributed by atoms with Gasteiger partial charge >= 0.3 is 5.97 Å². The maximum atomic E-state index is 14.8. The topological polar surface area (TPSA) is 103 Å². The third-order valence-corrected chi connectivity index (χ3v) is 7.34. The fourth-order valence-corrected chi connectivity index (χ4v) is 5.44. The van der Waals surface area contributed by atoms with E-state index in [0.717, 1.165) is 12.8 Å². The van der Waals surface area contributed by atoms with Gasteiger partial charge in [-0.3, -0.25) is 9.36 Å². The van der Waals surface area contributed by atoms with Crippen LogP contribution < -0.4 is 10.6 Å². The molecule has 2 aromatic heterocycles. The molecule has 5 rings (SSSR count). The summed E-state index contributed by atoms with van der Waals surface area (Å²) in [5.41, 5.74) is 1.26. The number of methoxy groups -OCH3 is 1. The van der Waals surface area contributed by atoms with Crippen molar-refractivity contribution in [1.29, 1.82) is 0 Å². The van der Waals surface area contributed by atoms with Crippen LogP contribution in [-0.2, 0) is 14.3 Å². The first kappa shape index (κ1) is 25.0. The molecule has 1 saturated heterocycles. The Hall–Kier alpha value is -2.69. The summed E-state index contributed by atoms with van der Waals surface area (Å²) in [6.45, 7) is 1.39. The van der Waals surface area contributed by atoms with Crippen molar-refractivity contribution in [3.63, 3.8) is 0 Å². The first-order valence-electron chi connectivity index (χ1n) is 12.0. The molecular weight excluding hydrogens is 510 g/mol. The molecule has 3 aromatic rings. The lowest BCUT2D eigenvalue weighted by Gasteiger charge is -2.29. The van der Waals surface area contributed by atoms with Crippen LogP contribution in [0.5, 0.6) is 0 Å². The molecule has 1 saturated carbocycles. The minimum Gasteiger partial charge on any atom is -0.469 e. The number of carbonyl (C=O) groups is 1. The lowest BCUT2D eigenvalue weighted by Crippen LogP contribution is -2.28. The largest absolute Gasteiger partial charge is 0.469 e. The van der Waals surface area contributed by atoms with E-state index in [2.05, 4.69) is 20.6 Å². The number of ether oxygens (including phenoxy) is 2. The summed E-state index contributed by atoms with van der Waals surface area (Å²) < 4.78 is 27.1. The SMILES string of the molecule is COC(=O)C1CCC(n2c(Nc3c(F)cc(Cl)cc3Cl)nc3cnc(NC4CCOCC4)nc32)CC1. The van der Waals surface area contributed by atoms with Crippen LogP contribution in [0.1, 0.15) is 44.6 Å². The Balaban J connectivity index is 1.51. The molecule has 1 aromatic carbocycles. The molecule has 9 nitrogen and oxygen atoms in total. The average molecular weight is 537 g/mol. The molecule has 0 atom stereocenters. The van der Waals surface area contributed by atoms with Crippen molar-refractivity contribution in [3.05, 3.63) is 34.2 Å². The van der Waals surface area contributed by atoms with Gasteiger partial charge in [0.2, 0.25) is 11.9 Å². The van der Waals surface area contributed by atoms with E-state index >= 15 is 0 Å². The number of halogens is 3. The number of hydrogen-bond donors (Lipinski definition) is 2. The second-order valence-electron chi connectivity index (χ2n) is 9.14. The Morgan fingerprint density at radius 3 is 2.58 bits per heavy atom. The van der Waals surface area contributed by atoms with Crippen molar-refractivity contribution >= 4 is 57.9 Å². The molecule has 3 heterocycles. The van der Waals surface area contributed by atoms with E-state index in [1.807, 2.05) is 4.57 Å². The number of benzene rings is 1. The molecule has 36 heavy (non-hydrogen) atoms. The number of hydrogen-bond acceptors (Lipinski definition) is 8. The molecule has 2 fully saturated rings. The number of imidazole rings is 1. The zero-order chi connectivity index (χ0) is 25.2. The summed E-state index contributed by atoms with van der Waals surface area (Å²) in [7, 11) is 1.41.